The van der Waals surface area contributed by atoms with Crippen LogP contribution in [0.3, 0.4) is 0 Å². The summed E-state index contributed by atoms with van der Waals surface area (Å²) in [4.78, 5) is 11.3. The molecule has 0 spiro atoms. The van der Waals surface area contributed by atoms with E-state index in [0.717, 1.165) is 32.4 Å². The summed E-state index contributed by atoms with van der Waals surface area (Å²) in [6.07, 6.45) is 4.26. The first-order chi connectivity index (χ1) is 6.34. The maximum absolute atomic E-state index is 11.3. The molecule has 0 aromatic rings. The number of nitrogens with one attached hydrogen (secondary N) is 1. The Hall–Kier alpha value is -0.570. The number of hydrogen-bond acceptors (Lipinski definition) is 3. The molecule has 1 saturated heterocycles. The number of hydrogen-bond donors (Lipinski definition) is 1. The van der Waals surface area contributed by atoms with Crippen LogP contribution in [0.15, 0.2) is 0 Å². The third-order valence-corrected chi connectivity index (χ3v) is 2.39. The Balaban J connectivity index is 2.03. The molecule has 13 heavy (non-hydrogen) atoms. The van der Waals surface area contributed by atoms with Crippen molar-refractivity contribution in [3.63, 3.8) is 0 Å². The molecule has 76 valence electrons. The number of carbonyl (C=O) groups is 1. The van der Waals surface area contributed by atoms with Gasteiger partial charge in [0.25, 0.3) is 0 Å². The standard InChI is InChI=1S/C10H19NO2/c1-2-3-4-7-13-10(12)9-5-6-11-8-9/h9,11H,2-8H2,1H3. The number of carbonyl (C=O) groups excluding carboxylic acids is 1. The van der Waals surface area contributed by atoms with Crippen LogP contribution in [0.1, 0.15) is 32.6 Å². The van der Waals surface area contributed by atoms with E-state index in [4.69, 9.17) is 4.74 Å². The Morgan fingerprint density at radius 2 is 2.38 bits per heavy atom. The van der Waals surface area contributed by atoms with Crippen LogP contribution < -0.4 is 5.32 Å². The predicted octanol–water partition coefficient (Wildman–Crippen LogP) is 1.33. The van der Waals surface area contributed by atoms with Gasteiger partial charge in [-0.2, -0.15) is 0 Å². The van der Waals surface area contributed by atoms with Crippen LogP contribution in [0.4, 0.5) is 0 Å². The van der Waals surface area contributed by atoms with Crippen molar-refractivity contribution in [1.29, 1.82) is 0 Å². The van der Waals surface area contributed by atoms with Crippen LogP contribution in [0.2, 0.25) is 0 Å². The lowest BCUT2D eigenvalue weighted by molar-refractivity contribution is -0.147. The van der Waals surface area contributed by atoms with Gasteiger partial charge >= 0.3 is 5.97 Å². The quantitative estimate of drug-likeness (QED) is 0.518. The first-order valence-electron chi connectivity index (χ1n) is 5.22. The molecular weight excluding hydrogens is 166 g/mol. The molecule has 1 aliphatic rings. The molecule has 0 aromatic carbocycles. The van der Waals surface area contributed by atoms with E-state index < -0.39 is 0 Å². The fraction of sp³-hybridized carbons (Fsp3) is 0.900. The van der Waals surface area contributed by atoms with Crippen molar-refractivity contribution >= 4 is 5.97 Å². The van der Waals surface area contributed by atoms with Crippen molar-refractivity contribution < 1.29 is 9.53 Å². The maximum Gasteiger partial charge on any atom is 0.310 e. The van der Waals surface area contributed by atoms with Gasteiger partial charge in [-0.15, -0.1) is 0 Å². The van der Waals surface area contributed by atoms with Gasteiger partial charge < -0.3 is 10.1 Å². The van der Waals surface area contributed by atoms with E-state index in [1.807, 2.05) is 0 Å². The normalized spacial score (nSPS) is 21.8. The third kappa shape index (κ3) is 3.77. The average Bonchev–Trinajstić information content (AvgIpc) is 2.65. The summed E-state index contributed by atoms with van der Waals surface area (Å²) in [7, 11) is 0. The zero-order valence-electron chi connectivity index (χ0n) is 8.34. The molecule has 1 unspecified atom stereocenters. The molecule has 0 bridgehead atoms. The molecule has 0 saturated carbocycles. The predicted molar refractivity (Wildman–Crippen MR) is 51.5 cm³/mol. The molecule has 1 aliphatic heterocycles. The number of rotatable bonds is 5. The Labute approximate surface area is 79.8 Å². The Morgan fingerprint density at radius 3 is 3.00 bits per heavy atom. The van der Waals surface area contributed by atoms with E-state index in [0.29, 0.717) is 6.61 Å². The van der Waals surface area contributed by atoms with Crippen molar-refractivity contribution in [1.82, 2.24) is 5.32 Å². The minimum Gasteiger partial charge on any atom is -0.465 e. The summed E-state index contributed by atoms with van der Waals surface area (Å²) < 4.78 is 5.15. The Bertz CT molecular complexity index is 153. The van der Waals surface area contributed by atoms with Crippen molar-refractivity contribution in [2.24, 2.45) is 5.92 Å². The Kier molecular flexibility index (Phi) is 4.83. The molecule has 0 aliphatic carbocycles. The lowest BCUT2D eigenvalue weighted by Crippen LogP contribution is -2.20. The molecule has 1 atom stereocenters. The second-order valence-electron chi connectivity index (χ2n) is 3.56. The molecule has 0 amide bonds. The first-order valence-corrected chi connectivity index (χ1v) is 5.22. The fourth-order valence-electron chi connectivity index (χ4n) is 1.50. The van der Waals surface area contributed by atoms with E-state index in [9.17, 15) is 4.79 Å². The fourth-order valence-corrected chi connectivity index (χ4v) is 1.50. The zero-order chi connectivity index (χ0) is 9.52. The zero-order valence-corrected chi connectivity index (χ0v) is 8.34. The SMILES string of the molecule is CCCCCOC(=O)C1CCNC1. The van der Waals surface area contributed by atoms with Gasteiger partial charge in [0.2, 0.25) is 0 Å². The summed E-state index contributed by atoms with van der Waals surface area (Å²) in [5, 5.41) is 3.15. The van der Waals surface area contributed by atoms with E-state index in [2.05, 4.69) is 12.2 Å². The van der Waals surface area contributed by atoms with Gasteiger partial charge in [-0.05, 0) is 19.4 Å². The molecule has 0 radical (unpaired) electrons. The third-order valence-electron chi connectivity index (χ3n) is 2.39. The summed E-state index contributed by atoms with van der Waals surface area (Å²) in [6.45, 7) is 4.49. The van der Waals surface area contributed by atoms with Crippen LogP contribution in [-0.2, 0) is 9.53 Å². The van der Waals surface area contributed by atoms with Crippen molar-refractivity contribution in [3.05, 3.63) is 0 Å². The van der Waals surface area contributed by atoms with Crippen LogP contribution >= 0.6 is 0 Å². The monoisotopic (exact) mass is 185 g/mol. The molecule has 1 fully saturated rings. The van der Waals surface area contributed by atoms with Gasteiger partial charge in [0.1, 0.15) is 0 Å². The highest BCUT2D eigenvalue weighted by Gasteiger charge is 2.23. The summed E-state index contributed by atoms with van der Waals surface area (Å²) in [5.41, 5.74) is 0. The van der Waals surface area contributed by atoms with Gasteiger partial charge in [0.05, 0.1) is 12.5 Å². The van der Waals surface area contributed by atoms with E-state index in [1.54, 1.807) is 0 Å². The summed E-state index contributed by atoms with van der Waals surface area (Å²) >= 11 is 0. The second-order valence-corrected chi connectivity index (χ2v) is 3.56. The van der Waals surface area contributed by atoms with E-state index >= 15 is 0 Å². The van der Waals surface area contributed by atoms with Gasteiger partial charge in [-0.3, -0.25) is 4.79 Å². The van der Waals surface area contributed by atoms with Crippen molar-refractivity contribution in [2.45, 2.75) is 32.6 Å². The lowest BCUT2D eigenvalue weighted by Gasteiger charge is -2.08. The van der Waals surface area contributed by atoms with Crippen molar-refractivity contribution in [2.75, 3.05) is 19.7 Å². The van der Waals surface area contributed by atoms with E-state index in [1.165, 1.54) is 6.42 Å². The molecule has 3 heteroatoms. The van der Waals surface area contributed by atoms with Crippen LogP contribution in [0.5, 0.6) is 0 Å². The summed E-state index contributed by atoms with van der Waals surface area (Å²) in [6, 6.07) is 0. The summed E-state index contributed by atoms with van der Waals surface area (Å²) in [5.74, 6) is 0.0997. The minimum atomic E-state index is -0.0129. The molecule has 1 rings (SSSR count). The first kappa shape index (κ1) is 10.5. The van der Waals surface area contributed by atoms with Gasteiger partial charge in [0.15, 0.2) is 0 Å². The van der Waals surface area contributed by atoms with Gasteiger partial charge in [-0.25, -0.2) is 0 Å². The molecular formula is C10H19NO2. The van der Waals surface area contributed by atoms with Crippen LogP contribution in [0, 0.1) is 5.92 Å². The Morgan fingerprint density at radius 1 is 1.54 bits per heavy atom. The minimum absolute atomic E-state index is 0.0129. The molecule has 0 aromatic heterocycles. The largest absolute Gasteiger partial charge is 0.465 e. The van der Waals surface area contributed by atoms with Gasteiger partial charge in [-0.1, -0.05) is 19.8 Å². The number of unbranched alkanes of at least 4 members (excludes halogenated alkanes) is 2. The topological polar surface area (TPSA) is 38.3 Å². The number of esters is 1. The highest BCUT2D eigenvalue weighted by molar-refractivity contribution is 5.73. The lowest BCUT2D eigenvalue weighted by atomic mass is 10.1. The highest BCUT2D eigenvalue weighted by Crippen LogP contribution is 2.09. The number of ether oxygens (including phenoxy) is 1. The molecule has 1 N–H and O–H groups in total. The molecule has 3 nitrogen and oxygen atoms in total. The maximum atomic E-state index is 11.3. The van der Waals surface area contributed by atoms with E-state index in [-0.39, 0.29) is 11.9 Å². The van der Waals surface area contributed by atoms with Gasteiger partial charge in [0, 0.05) is 6.54 Å². The molecule has 1 heterocycles. The highest BCUT2D eigenvalue weighted by atomic mass is 16.5. The average molecular weight is 185 g/mol. The van der Waals surface area contributed by atoms with Crippen molar-refractivity contribution in [3.8, 4) is 0 Å². The van der Waals surface area contributed by atoms with Crippen LogP contribution in [0.25, 0.3) is 0 Å². The second kappa shape index (κ2) is 5.97. The smallest absolute Gasteiger partial charge is 0.310 e. The van der Waals surface area contributed by atoms with Crippen LogP contribution in [-0.4, -0.2) is 25.7 Å².